The number of benzene rings is 2. The van der Waals surface area contributed by atoms with E-state index in [1.54, 1.807) is 24.3 Å². The smallest absolute Gasteiger partial charge is 0.248 e. The Hall–Kier alpha value is -2.26. The third-order valence-corrected chi connectivity index (χ3v) is 3.64. The summed E-state index contributed by atoms with van der Waals surface area (Å²) in [6.07, 6.45) is 3.17. The van der Waals surface area contributed by atoms with Crippen LogP contribution < -0.4 is 11.1 Å². The van der Waals surface area contributed by atoms with E-state index in [1.165, 1.54) is 11.6 Å². The predicted octanol–water partition coefficient (Wildman–Crippen LogP) is 4.70. The Morgan fingerprint density at radius 2 is 1.86 bits per heavy atom. The highest BCUT2D eigenvalue weighted by Gasteiger charge is 2.01. The quantitative estimate of drug-likeness (QED) is 0.635. The number of nitrogens with one attached hydrogen (secondary N) is 1. The summed E-state index contributed by atoms with van der Waals surface area (Å²) in [7, 11) is 0. The van der Waals surface area contributed by atoms with E-state index in [0.29, 0.717) is 16.6 Å². The molecule has 3 nitrogen and oxygen atoms in total. The molecule has 0 fully saturated rings. The zero-order valence-electron chi connectivity index (χ0n) is 12.6. The van der Waals surface area contributed by atoms with Crippen molar-refractivity contribution in [1.29, 1.82) is 0 Å². The first-order valence-corrected chi connectivity index (χ1v) is 7.47. The van der Waals surface area contributed by atoms with Gasteiger partial charge in [0.05, 0.1) is 10.7 Å². The molecule has 0 saturated heterocycles. The van der Waals surface area contributed by atoms with Gasteiger partial charge in [0, 0.05) is 11.8 Å². The molecule has 0 unspecified atom stereocenters. The van der Waals surface area contributed by atoms with E-state index in [9.17, 15) is 4.79 Å². The largest absolute Gasteiger partial charge is 0.398 e. The van der Waals surface area contributed by atoms with Crippen LogP contribution in [0.3, 0.4) is 0 Å². The minimum Gasteiger partial charge on any atom is -0.398 e. The van der Waals surface area contributed by atoms with Crippen LogP contribution in [0.2, 0.25) is 5.02 Å². The summed E-state index contributed by atoms with van der Waals surface area (Å²) in [5, 5.41) is 3.33. The molecule has 0 aliphatic rings. The first-order chi connectivity index (χ1) is 10.5. The maximum Gasteiger partial charge on any atom is 0.248 e. The molecule has 114 valence electrons. The Labute approximate surface area is 135 Å². The molecule has 1 amide bonds. The summed E-state index contributed by atoms with van der Waals surface area (Å²) >= 11 is 5.86. The van der Waals surface area contributed by atoms with Crippen LogP contribution in [-0.2, 0) is 4.79 Å². The molecule has 0 saturated carbocycles. The van der Waals surface area contributed by atoms with Gasteiger partial charge in [0.2, 0.25) is 5.91 Å². The highest BCUT2D eigenvalue weighted by molar-refractivity contribution is 6.33. The van der Waals surface area contributed by atoms with Crippen molar-refractivity contribution < 1.29 is 4.79 Å². The van der Waals surface area contributed by atoms with Crippen LogP contribution in [0.4, 0.5) is 11.4 Å². The molecule has 0 aromatic heterocycles. The molecule has 2 aromatic rings. The van der Waals surface area contributed by atoms with E-state index in [2.05, 4.69) is 19.2 Å². The van der Waals surface area contributed by atoms with Crippen LogP contribution in [0.1, 0.15) is 30.9 Å². The lowest BCUT2D eigenvalue weighted by Gasteiger charge is -2.07. The van der Waals surface area contributed by atoms with E-state index in [4.69, 9.17) is 17.3 Å². The number of rotatable bonds is 4. The summed E-state index contributed by atoms with van der Waals surface area (Å²) in [4.78, 5) is 11.9. The van der Waals surface area contributed by atoms with Crippen LogP contribution in [0.25, 0.3) is 6.08 Å². The number of amides is 1. The van der Waals surface area contributed by atoms with Crippen molar-refractivity contribution in [1.82, 2.24) is 0 Å². The van der Waals surface area contributed by atoms with Crippen molar-refractivity contribution >= 4 is 35.0 Å². The van der Waals surface area contributed by atoms with E-state index < -0.39 is 0 Å². The lowest BCUT2D eigenvalue weighted by molar-refractivity contribution is -0.111. The Balaban J connectivity index is 2.00. The van der Waals surface area contributed by atoms with Crippen LogP contribution >= 0.6 is 11.6 Å². The molecule has 0 aliphatic carbocycles. The number of anilines is 2. The van der Waals surface area contributed by atoms with Crippen LogP contribution in [0.5, 0.6) is 0 Å². The number of hydrogen-bond acceptors (Lipinski definition) is 2. The van der Waals surface area contributed by atoms with E-state index >= 15 is 0 Å². The average molecular weight is 315 g/mol. The maximum absolute atomic E-state index is 11.9. The topological polar surface area (TPSA) is 55.1 Å². The zero-order valence-corrected chi connectivity index (χ0v) is 13.4. The van der Waals surface area contributed by atoms with Crippen LogP contribution in [0, 0.1) is 0 Å². The summed E-state index contributed by atoms with van der Waals surface area (Å²) in [5.74, 6) is 0.283. The molecule has 2 rings (SSSR count). The number of nitrogens with two attached hydrogens (primary N) is 1. The number of carbonyl (C=O) groups excluding carboxylic acids is 1. The summed E-state index contributed by atoms with van der Waals surface area (Å²) in [6, 6.07) is 13.1. The number of halogens is 1. The van der Waals surface area contributed by atoms with Gasteiger partial charge in [-0.3, -0.25) is 4.79 Å². The van der Waals surface area contributed by atoms with Crippen molar-refractivity contribution in [2.75, 3.05) is 11.1 Å². The fourth-order valence-electron chi connectivity index (χ4n) is 1.97. The standard InChI is InChI=1S/C18H19ClN2O/c1-12(2)14-5-7-15(8-6-14)21-18(22)10-4-13-3-9-16(19)17(20)11-13/h3-12H,20H2,1-2H3,(H,21,22)/b10-4+. The van der Waals surface area contributed by atoms with Crippen LogP contribution in [-0.4, -0.2) is 5.91 Å². The highest BCUT2D eigenvalue weighted by atomic mass is 35.5. The molecule has 0 spiro atoms. The summed E-state index contributed by atoms with van der Waals surface area (Å²) < 4.78 is 0. The fourth-order valence-corrected chi connectivity index (χ4v) is 2.09. The summed E-state index contributed by atoms with van der Waals surface area (Å²) in [5.41, 5.74) is 9.06. The molecule has 0 aliphatic heterocycles. The second-order valence-corrected chi connectivity index (χ2v) is 5.79. The number of nitrogen functional groups attached to an aromatic ring is 1. The van der Waals surface area contributed by atoms with E-state index in [0.717, 1.165) is 11.3 Å². The van der Waals surface area contributed by atoms with Gasteiger partial charge >= 0.3 is 0 Å². The van der Waals surface area contributed by atoms with Gasteiger partial charge < -0.3 is 11.1 Å². The maximum atomic E-state index is 11.9. The predicted molar refractivity (Wildman–Crippen MR) is 94.1 cm³/mol. The van der Waals surface area contributed by atoms with Crippen molar-refractivity contribution in [3.63, 3.8) is 0 Å². The molecule has 0 heterocycles. The second-order valence-electron chi connectivity index (χ2n) is 5.38. The van der Waals surface area contributed by atoms with Gasteiger partial charge in [-0.1, -0.05) is 43.6 Å². The molecule has 0 bridgehead atoms. The monoisotopic (exact) mass is 314 g/mol. The van der Waals surface area contributed by atoms with Gasteiger partial charge in [-0.25, -0.2) is 0 Å². The normalized spacial score (nSPS) is 11.1. The SMILES string of the molecule is CC(C)c1ccc(NC(=O)/C=C/c2ccc(Cl)c(N)c2)cc1. The molecule has 0 radical (unpaired) electrons. The lowest BCUT2D eigenvalue weighted by Crippen LogP contribution is -2.07. The van der Waals surface area contributed by atoms with Crippen molar-refractivity contribution in [2.24, 2.45) is 0 Å². The summed E-state index contributed by atoms with van der Waals surface area (Å²) in [6.45, 7) is 4.27. The number of carbonyl (C=O) groups is 1. The molecular formula is C18H19ClN2O. The van der Waals surface area contributed by atoms with Gasteiger partial charge in [0.1, 0.15) is 0 Å². The highest BCUT2D eigenvalue weighted by Crippen LogP contribution is 2.20. The Kier molecular flexibility index (Phi) is 5.23. The van der Waals surface area contributed by atoms with E-state index in [1.807, 2.05) is 24.3 Å². The van der Waals surface area contributed by atoms with Crippen molar-refractivity contribution in [3.8, 4) is 0 Å². The van der Waals surface area contributed by atoms with Gasteiger partial charge in [-0.15, -0.1) is 0 Å². The molecule has 22 heavy (non-hydrogen) atoms. The van der Waals surface area contributed by atoms with E-state index in [-0.39, 0.29) is 5.91 Å². The lowest BCUT2D eigenvalue weighted by atomic mass is 10.0. The molecule has 2 aromatic carbocycles. The first-order valence-electron chi connectivity index (χ1n) is 7.10. The molecule has 0 atom stereocenters. The van der Waals surface area contributed by atoms with Crippen LogP contribution in [0.15, 0.2) is 48.5 Å². The average Bonchev–Trinajstić information content (AvgIpc) is 2.49. The molecule has 3 N–H and O–H groups in total. The van der Waals surface area contributed by atoms with Crippen molar-refractivity contribution in [2.45, 2.75) is 19.8 Å². The third-order valence-electron chi connectivity index (χ3n) is 3.29. The molecular weight excluding hydrogens is 296 g/mol. The Morgan fingerprint density at radius 3 is 2.45 bits per heavy atom. The minimum atomic E-state index is -0.189. The fraction of sp³-hybridized carbons (Fsp3) is 0.167. The van der Waals surface area contributed by atoms with Gasteiger partial charge in [0.25, 0.3) is 0 Å². The van der Waals surface area contributed by atoms with Crippen molar-refractivity contribution in [3.05, 3.63) is 64.7 Å². The minimum absolute atomic E-state index is 0.189. The van der Waals surface area contributed by atoms with Gasteiger partial charge in [-0.05, 0) is 47.4 Å². The van der Waals surface area contributed by atoms with Gasteiger partial charge in [-0.2, -0.15) is 0 Å². The zero-order chi connectivity index (χ0) is 16.1. The second kappa shape index (κ2) is 7.14. The Bertz CT molecular complexity index is 691. The first kappa shape index (κ1) is 16.1. The van der Waals surface area contributed by atoms with Gasteiger partial charge in [0.15, 0.2) is 0 Å². The third kappa shape index (κ3) is 4.37. The molecule has 4 heteroatoms. The number of hydrogen-bond donors (Lipinski definition) is 2. The Morgan fingerprint density at radius 1 is 1.18 bits per heavy atom.